The number of hydrogen-bond donors (Lipinski definition) is 1. The molecule has 6 heteroatoms. The van der Waals surface area contributed by atoms with Gasteiger partial charge >= 0.3 is 0 Å². The van der Waals surface area contributed by atoms with Crippen LogP contribution in [0.15, 0.2) is 52.5 Å². The molecule has 0 bridgehead atoms. The van der Waals surface area contributed by atoms with Crippen LogP contribution in [0.25, 0.3) is 11.0 Å². The summed E-state index contributed by atoms with van der Waals surface area (Å²) in [5.41, 5.74) is 1.52. The Hall–Kier alpha value is -2.34. The van der Waals surface area contributed by atoms with Crippen molar-refractivity contribution in [3.05, 3.63) is 48.3 Å². The minimum absolute atomic E-state index is 0.139. The Bertz CT molecular complexity index is 896. The van der Waals surface area contributed by atoms with Gasteiger partial charge in [0.15, 0.2) is 5.75 Å². The number of rotatable bonds is 3. The maximum Gasteiger partial charge on any atom is 0.211 e. The molecule has 2 heterocycles. The molecule has 108 valence electrons. The van der Waals surface area contributed by atoms with Gasteiger partial charge in [-0.15, -0.1) is 0 Å². The van der Waals surface area contributed by atoms with E-state index in [0.29, 0.717) is 11.0 Å². The monoisotopic (exact) mass is 302 g/mol. The summed E-state index contributed by atoms with van der Waals surface area (Å²) >= 11 is 0. The first-order valence-electron chi connectivity index (χ1n) is 6.36. The average molecular weight is 302 g/mol. The van der Waals surface area contributed by atoms with Crippen LogP contribution in [0.2, 0.25) is 0 Å². The van der Waals surface area contributed by atoms with Crippen LogP contribution in [0, 0.1) is 6.92 Å². The lowest BCUT2D eigenvalue weighted by molar-refractivity contribution is 0.402. The Morgan fingerprint density at radius 3 is 2.52 bits per heavy atom. The molecular formula is C15H14N2O3S. The number of fused-ring (bicyclic) bond motifs is 1. The Balaban J connectivity index is 2.32. The second-order valence-electron chi connectivity index (χ2n) is 4.71. The lowest BCUT2D eigenvalue weighted by Crippen LogP contribution is -2.05. The number of aromatic amines is 1. The van der Waals surface area contributed by atoms with Crippen molar-refractivity contribution < 1.29 is 13.2 Å². The number of sulfone groups is 1. The van der Waals surface area contributed by atoms with Gasteiger partial charge in [0.2, 0.25) is 9.84 Å². The van der Waals surface area contributed by atoms with Crippen LogP contribution >= 0.6 is 0 Å². The summed E-state index contributed by atoms with van der Waals surface area (Å²) < 4.78 is 31.0. The number of pyridine rings is 1. The minimum Gasteiger partial charge on any atom is -0.494 e. The van der Waals surface area contributed by atoms with Gasteiger partial charge in [0.05, 0.1) is 18.2 Å². The lowest BCUT2D eigenvalue weighted by atomic mass is 10.2. The molecule has 2 aromatic heterocycles. The molecule has 5 nitrogen and oxygen atoms in total. The summed E-state index contributed by atoms with van der Waals surface area (Å²) in [7, 11) is -2.25. The second-order valence-corrected chi connectivity index (χ2v) is 6.60. The molecule has 0 aliphatic heterocycles. The van der Waals surface area contributed by atoms with E-state index >= 15 is 0 Å². The highest BCUT2D eigenvalue weighted by Crippen LogP contribution is 2.34. The van der Waals surface area contributed by atoms with Gasteiger partial charge in [-0.1, -0.05) is 17.7 Å². The number of hydrogen-bond acceptors (Lipinski definition) is 4. The first-order chi connectivity index (χ1) is 10.0. The van der Waals surface area contributed by atoms with E-state index in [0.717, 1.165) is 5.56 Å². The SMILES string of the molecule is COc1cnc2[nH]ccc2c1S(=O)(=O)c1ccc(C)cc1. The number of H-pyrrole nitrogens is 1. The van der Waals surface area contributed by atoms with Crippen molar-refractivity contribution in [2.75, 3.05) is 7.11 Å². The standard InChI is InChI=1S/C15H14N2O3S/c1-10-3-5-11(6-4-10)21(18,19)14-12-7-8-16-15(12)17-9-13(14)20-2/h3-9H,1-2H3,(H,16,17). The third-order valence-electron chi connectivity index (χ3n) is 3.32. The number of nitrogens with one attached hydrogen (secondary N) is 1. The van der Waals surface area contributed by atoms with E-state index in [1.54, 1.807) is 36.5 Å². The van der Waals surface area contributed by atoms with E-state index in [2.05, 4.69) is 9.97 Å². The number of methoxy groups -OCH3 is 1. The van der Waals surface area contributed by atoms with E-state index < -0.39 is 9.84 Å². The van der Waals surface area contributed by atoms with Gasteiger partial charge in [-0.2, -0.15) is 0 Å². The molecule has 0 radical (unpaired) electrons. The van der Waals surface area contributed by atoms with Crippen LogP contribution in [0.4, 0.5) is 0 Å². The van der Waals surface area contributed by atoms with Gasteiger partial charge < -0.3 is 9.72 Å². The van der Waals surface area contributed by atoms with Crippen LogP contribution in [0.5, 0.6) is 5.75 Å². The Kier molecular flexibility index (Phi) is 3.17. The zero-order valence-corrected chi connectivity index (χ0v) is 12.4. The molecule has 0 amide bonds. The van der Waals surface area contributed by atoms with E-state index in [1.165, 1.54) is 13.3 Å². The third kappa shape index (κ3) is 2.17. The van der Waals surface area contributed by atoms with E-state index in [9.17, 15) is 8.42 Å². The van der Waals surface area contributed by atoms with E-state index in [4.69, 9.17) is 4.74 Å². The fourth-order valence-electron chi connectivity index (χ4n) is 2.22. The number of aromatic nitrogens is 2. The highest BCUT2D eigenvalue weighted by molar-refractivity contribution is 7.91. The molecule has 0 aliphatic rings. The zero-order chi connectivity index (χ0) is 15.0. The first-order valence-corrected chi connectivity index (χ1v) is 7.84. The van der Waals surface area contributed by atoms with E-state index in [1.807, 2.05) is 6.92 Å². The van der Waals surface area contributed by atoms with Crippen LogP contribution in [-0.4, -0.2) is 25.5 Å². The van der Waals surface area contributed by atoms with Crippen LogP contribution in [0.3, 0.4) is 0 Å². The normalized spacial score (nSPS) is 11.7. The van der Waals surface area contributed by atoms with Crippen molar-refractivity contribution in [2.24, 2.45) is 0 Å². The summed E-state index contributed by atoms with van der Waals surface area (Å²) in [6.07, 6.45) is 3.07. The van der Waals surface area contributed by atoms with Crippen molar-refractivity contribution in [3.8, 4) is 5.75 Å². The molecule has 3 rings (SSSR count). The Morgan fingerprint density at radius 1 is 1.14 bits per heavy atom. The highest BCUT2D eigenvalue weighted by Gasteiger charge is 2.26. The summed E-state index contributed by atoms with van der Waals surface area (Å²) in [4.78, 5) is 7.44. The summed E-state index contributed by atoms with van der Waals surface area (Å²) in [5, 5.41) is 0.523. The minimum atomic E-state index is -3.68. The summed E-state index contributed by atoms with van der Waals surface area (Å²) in [5.74, 6) is 0.239. The topological polar surface area (TPSA) is 72.0 Å². The zero-order valence-electron chi connectivity index (χ0n) is 11.6. The molecule has 21 heavy (non-hydrogen) atoms. The van der Waals surface area contributed by atoms with Gasteiger partial charge in [0.25, 0.3) is 0 Å². The van der Waals surface area contributed by atoms with Gasteiger partial charge in [-0.05, 0) is 25.1 Å². The molecule has 3 aromatic rings. The lowest BCUT2D eigenvalue weighted by Gasteiger charge is -2.10. The summed E-state index contributed by atoms with van der Waals surface area (Å²) in [6.45, 7) is 1.91. The first kappa shape index (κ1) is 13.6. The molecule has 1 aromatic carbocycles. The number of nitrogens with zero attached hydrogens (tertiary/aromatic N) is 1. The fourth-order valence-corrected chi connectivity index (χ4v) is 3.81. The van der Waals surface area contributed by atoms with Gasteiger partial charge in [-0.3, -0.25) is 0 Å². The van der Waals surface area contributed by atoms with Gasteiger partial charge in [-0.25, -0.2) is 13.4 Å². The van der Waals surface area contributed by atoms with Gasteiger partial charge in [0.1, 0.15) is 10.5 Å². The Morgan fingerprint density at radius 2 is 1.86 bits per heavy atom. The molecule has 1 N–H and O–H groups in total. The number of ether oxygens (including phenoxy) is 1. The predicted octanol–water partition coefficient (Wildman–Crippen LogP) is 2.71. The van der Waals surface area contributed by atoms with Crippen molar-refractivity contribution in [2.45, 2.75) is 16.7 Å². The van der Waals surface area contributed by atoms with Crippen molar-refractivity contribution in [1.29, 1.82) is 0 Å². The van der Waals surface area contributed by atoms with E-state index in [-0.39, 0.29) is 15.5 Å². The molecule has 0 spiro atoms. The quantitative estimate of drug-likeness (QED) is 0.807. The van der Waals surface area contributed by atoms with Crippen LogP contribution < -0.4 is 4.74 Å². The molecule has 0 saturated carbocycles. The second kappa shape index (κ2) is 4.89. The Labute approximate surface area is 122 Å². The van der Waals surface area contributed by atoms with Crippen molar-refractivity contribution >= 4 is 20.9 Å². The average Bonchev–Trinajstić information content (AvgIpc) is 2.94. The molecule has 0 fully saturated rings. The fraction of sp³-hybridized carbons (Fsp3) is 0.133. The van der Waals surface area contributed by atoms with Crippen molar-refractivity contribution in [1.82, 2.24) is 9.97 Å². The third-order valence-corrected chi connectivity index (χ3v) is 5.18. The molecule has 0 saturated heterocycles. The molecular weight excluding hydrogens is 288 g/mol. The van der Waals surface area contributed by atoms with Gasteiger partial charge in [0, 0.05) is 11.6 Å². The molecule has 0 aliphatic carbocycles. The van der Waals surface area contributed by atoms with Crippen LogP contribution in [-0.2, 0) is 9.84 Å². The maximum atomic E-state index is 12.9. The van der Waals surface area contributed by atoms with Crippen molar-refractivity contribution in [3.63, 3.8) is 0 Å². The molecule has 0 atom stereocenters. The largest absolute Gasteiger partial charge is 0.494 e. The molecule has 0 unspecified atom stereocenters. The van der Waals surface area contributed by atoms with Crippen LogP contribution in [0.1, 0.15) is 5.56 Å². The summed E-state index contributed by atoms with van der Waals surface area (Å²) in [6, 6.07) is 8.43. The maximum absolute atomic E-state index is 12.9. The smallest absolute Gasteiger partial charge is 0.211 e. The number of benzene rings is 1. The number of aryl methyl sites for hydroxylation is 1. The predicted molar refractivity (Wildman–Crippen MR) is 79.3 cm³/mol. The highest BCUT2D eigenvalue weighted by atomic mass is 32.2.